The molecular weight excluding hydrogens is 357 g/mol. The van der Waals surface area contributed by atoms with Crippen molar-refractivity contribution in [2.75, 3.05) is 0 Å². The van der Waals surface area contributed by atoms with Crippen LogP contribution < -0.4 is 16.2 Å². The van der Waals surface area contributed by atoms with Gasteiger partial charge in [0.15, 0.2) is 5.11 Å². The van der Waals surface area contributed by atoms with Crippen LogP contribution in [0.2, 0.25) is 0 Å². The molecule has 0 saturated carbocycles. The summed E-state index contributed by atoms with van der Waals surface area (Å²) in [6.45, 7) is 4.67. The minimum atomic E-state index is -0.276. The molecule has 4 nitrogen and oxygen atoms in total. The van der Waals surface area contributed by atoms with Gasteiger partial charge < -0.3 is 5.32 Å². The molecular formula is C18H22FN3OS2. The maximum Gasteiger partial charge on any atom is 0.279 e. The molecule has 0 fully saturated rings. The Morgan fingerprint density at radius 3 is 2.56 bits per heavy atom. The Labute approximate surface area is 156 Å². The molecule has 0 unspecified atom stereocenters. The molecule has 134 valence electrons. The predicted octanol–water partition coefficient (Wildman–Crippen LogP) is 3.71. The largest absolute Gasteiger partial charge is 0.357 e. The van der Waals surface area contributed by atoms with Crippen LogP contribution in [-0.4, -0.2) is 11.0 Å². The van der Waals surface area contributed by atoms with Crippen LogP contribution in [0.25, 0.3) is 0 Å². The van der Waals surface area contributed by atoms with E-state index in [0.717, 1.165) is 24.8 Å². The number of hydrazine groups is 1. The Morgan fingerprint density at radius 2 is 1.92 bits per heavy atom. The van der Waals surface area contributed by atoms with Crippen LogP contribution in [0.15, 0.2) is 30.3 Å². The Hall–Kier alpha value is -1.99. The van der Waals surface area contributed by atoms with E-state index in [1.807, 2.05) is 6.07 Å². The molecule has 2 aromatic rings. The fraction of sp³-hybridized carbons (Fsp3) is 0.333. The van der Waals surface area contributed by atoms with Crippen molar-refractivity contribution in [1.29, 1.82) is 0 Å². The van der Waals surface area contributed by atoms with Crippen LogP contribution in [0.3, 0.4) is 0 Å². The van der Waals surface area contributed by atoms with E-state index >= 15 is 0 Å². The summed E-state index contributed by atoms with van der Waals surface area (Å²) in [6, 6.07) is 8.09. The number of thiocarbonyl (C=S) groups is 1. The highest BCUT2D eigenvalue weighted by atomic mass is 32.1. The highest BCUT2D eigenvalue weighted by Crippen LogP contribution is 2.24. The third-order valence-corrected chi connectivity index (χ3v) is 5.12. The van der Waals surface area contributed by atoms with E-state index in [1.165, 1.54) is 33.9 Å². The number of rotatable bonds is 6. The SMILES string of the molecule is CCCc1sc(C(=O)NNC(=S)NCc2ccc(F)cc2)cc1CC. The number of amides is 1. The normalized spacial score (nSPS) is 10.4. The third-order valence-electron chi connectivity index (χ3n) is 3.63. The summed E-state index contributed by atoms with van der Waals surface area (Å²) in [7, 11) is 0. The first-order chi connectivity index (χ1) is 12.0. The maximum absolute atomic E-state index is 12.9. The summed E-state index contributed by atoms with van der Waals surface area (Å²) >= 11 is 6.66. The number of carbonyl (C=O) groups excluding carboxylic acids is 1. The zero-order chi connectivity index (χ0) is 18.2. The van der Waals surface area contributed by atoms with Gasteiger partial charge in [0, 0.05) is 11.4 Å². The van der Waals surface area contributed by atoms with Crippen molar-refractivity contribution in [3.05, 3.63) is 57.0 Å². The van der Waals surface area contributed by atoms with Gasteiger partial charge in [-0.25, -0.2) is 4.39 Å². The molecule has 7 heteroatoms. The molecule has 0 spiro atoms. The Kier molecular flexibility index (Phi) is 7.33. The van der Waals surface area contributed by atoms with Gasteiger partial charge in [-0.05, 0) is 54.4 Å². The first-order valence-electron chi connectivity index (χ1n) is 8.23. The number of aryl methyl sites for hydroxylation is 2. The van der Waals surface area contributed by atoms with Crippen molar-refractivity contribution in [2.45, 2.75) is 39.7 Å². The fourth-order valence-corrected chi connectivity index (χ4v) is 3.69. The number of nitrogens with one attached hydrogen (secondary N) is 3. The van der Waals surface area contributed by atoms with Crippen molar-refractivity contribution < 1.29 is 9.18 Å². The van der Waals surface area contributed by atoms with Gasteiger partial charge >= 0.3 is 0 Å². The lowest BCUT2D eigenvalue weighted by atomic mass is 10.1. The van der Waals surface area contributed by atoms with Gasteiger partial charge in [-0.1, -0.05) is 32.4 Å². The van der Waals surface area contributed by atoms with Gasteiger partial charge in [0.2, 0.25) is 0 Å². The van der Waals surface area contributed by atoms with Gasteiger partial charge in [0.05, 0.1) is 4.88 Å². The molecule has 25 heavy (non-hydrogen) atoms. The zero-order valence-electron chi connectivity index (χ0n) is 14.3. The first kappa shape index (κ1) is 19.3. The van der Waals surface area contributed by atoms with E-state index in [2.05, 4.69) is 30.0 Å². The minimum absolute atomic E-state index is 0.201. The summed E-state index contributed by atoms with van der Waals surface area (Å²) < 4.78 is 12.9. The van der Waals surface area contributed by atoms with E-state index < -0.39 is 0 Å². The summed E-state index contributed by atoms with van der Waals surface area (Å²) in [5.41, 5.74) is 7.43. The molecule has 3 N–H and O–H groups in total. The molecule has 0 aliphatic rings. The van der Waals surface area contributed by atoms with Crippen LogP contribution in [0.1, 0.15) is 45.9 Å². The summed E-state index contributed by atoms with van der Waals surface area (Å²) in [6.07, 6.45) is 2.97. The first-order valence-corrected chi connectivity index (χ1v) is 9.46. The van der Waals surface area contributed by atoms with Gasteiger partial charge in [0.25, 0.3) is 5.91 Å². The second-order valence-electron chi connectivity index (χ2n) is 5.55. The molecule has 0 radical (unpaired) electrons. The highest BCUT2D eigenvalue weighted by Gasteiger charge is 2.13. The molecule has 0 bridgehead atoms. The third kappa shape index (κ3) is 5.79. The maximum atomic E-state index is 12.9. The van der Waals surface area contributed by atoms with Crippen LogP contribution in [-0.2, 0) is 19.4 Å². The average Bonchev–Trinajstić information content (AvgIpc) is 3.02. The van der Waals surface area contributed by atoms with Gasteiger partial charge in [0.1, 0.15) is 5.82 Å². The fourth-order valence-electron chi connectivity index (χ4n) is 2.32. The molecule has 1 aromatic heterocycles. The average molecular weight is 380 g/mol. The molecule has 0 saturated heterocycles. The molecule has 1 heterocycles. The van der Waals surface area contributed by atoms with E-state index in [9.17, 15) is 9.18 Å². The predicted molar refractivity (Wildman–Crippen MR) is 104 cm³/mol. The van der Waals surface area contributed by atoms with E-state index in [-0.39, 0.29) is 11.7 Å². The standard InChI is InChI=1S/C18H22FN3OS2/c1-3-5-15-13(4-2)10-16(25-15)17(23)21-22-18(24)20-11-12-6-8-14(19)9-7-12/h6-10H,3-5,11H2,1-2H3,(H,21,23)(H2,20,22,24). The second-order valence-corrected chi connectivity index (χ2v) is 7.10. The summed E-state index contributed by atoms with van der Waals surface area (Å²) in [5.74, 6) is -0.477. The van der Waals surface area contributed by atoms with Crippen molar-refractivity contribution in [2.24, 2.45) is 0 Å². The van der Waals surface area contributed by atoms with Gasteiger partial charge in [-0.15, -0.1) is 11.3 Å². The molecule has 1 aromatic carbocycles. The monoisotopic (exact) mass is 379 g/mol. The lowest BCUT2D eigenvalue weighted by Crippen LogP contribution is -2.46. The number of benzene rings is 1. The van der Waals surface area contributed by atoms with Crippen LogP contribution in [0.4, 0.5) is 4.39 Å². The van der Waals surface area contributed by atoms with E-state index in [0.29, 0.717) is 16.5 Å². The molecule has 0 aliphatic carbocycles. The Morgan fingerprint density at radius 1 is 1.20 bits per heavy atom. The lowest BCUT2D eigenvalue weighted by molar-refractivity contribution is 0.0947. The van der Waals surface area contributed by atoms with Crippen molar-refractivity contribution in [3.8, 4) is 0 Å². The van der Waals surface area contributed by atoms with Crippen molar-refractivity contribution >= 4 is 34.6 Å². The smallest absolute Gasteiger partial charge is 0.279 e. The summed E-state index contributed by atoms with van der Waals surface area (Å²) in [4.78, 5) is 14.2. The molecule has 0 aliphatic heterocycles. The number of thiophene rings is 1. The Balaban J connectivity index is 1.82. The van der Waals surface area contributed by atoms with E-state index in [4.69, 9.17) is 12.2 Å². The van der Waals surface area contributed by atoms with Crippen LogP contribution in [0, 0.1) is 5.82 Å². The van der Waals surface area contributed by atoms with Crippen molar-refractivity contribution in [3.63, 3.8) is 0 Å². The second kappa shape index (κ2) is 9.48. The van der Waals surface area contributed by atoms with Crippen molar-refractivity contribution in [1.82, 2.24) is 16.2 Å². The van der Waals surface area contributed by atoms with Gasteiger partial charge in [-0.2, -0.15) is 0 Å². The molecule has 2 rings (SSSR count). The number of halogens is 1. The van der Waals surface area contributed by atoms with Crippen LogP contribution in [0.5, 0.6) is 0 Å². The molecule has 1 amide bonds. The number of carbonyl (C=O) groups is 1. The molecule has 0 atom stereocenters. The Bertz CT molecular complexity index is 728. The zero-order valence-corrected chi connectivity index (χ0v) is 16.0. The minimum Gasteiger partial charge on any atom is -0.357 e. The van der Waals surface area contributed by atoms with Crippen LogP contribution >= 0.6 is 23.6 Å². The summed E-state index contributed by atoms with van der Waals surface area (Å²) in [5, 5.41) is 3.26. The van der Waals surface area contributed by atoms with E-state index in [1.54, 1.807) is 12.1 Å². The topological polar surface area (TPSA) is 53.2 Å². The highest BCUT2D eigenvalue weighted by molar-refractivity contribution is 7.80. The lowest BCUT2D eigenvalue weighted by Gasteiger charge is -2.11. The number of hydrogen-bond donors (Lipinski definition) is 3. The quantitative estimate of drug-likeness (QED) is 0.529. The van der Waals surface area contributed by atoms with Gasteiger partial charge in [-0.3, -0.25) is 15.6 Å². The number of hydrogen-bond acceptors (Lipinski definition) is 3.